The summed E-state index contributed by atoms with van der Waals surface area (Å²) in [6, 6.07) is 8.14. The molecule has 4 heteroatoms. The monoisotopic (exact) mass is 299 g/mol. The van der Waals surface area contributed by atoms with Crippen LogP contribution in [0.5, 0.6) is 0 Å². The van der Waals surface area contributed by atoms with Gasteiger partial charge in [0, 0.05) is 14.7 Å². The molecule has 0 radical (unpaired) electrons. The zero-order valence-corrected chi connectivity index (χ0v) is 9.87. The number of nitrogens with zero attached hydrogens (tertiary/aromatic N) is 1. The Balaban J connectivity index is 2.60. The molecule has 2 rings (SSSR count). The first-order valence-electron chi connectivity index (χ1n) is 4.25. The predicted molar refractivity (Wildman–Crippen MR) is 65.9 cm³/mol. The standard InChI is InChI=1S/C10H10IN3/c1-6-9(13-14-10(6)12)7-4-2-3-5-8(7)11/h2-5H,1H3,(H3,12,13,14). The van der Waals surface area contributed by atoms with E-state index in [9.17, 15) is 0 Å². The number of benzene rings is 1. The summed E-state index contributed by atoms with van der Waals surface area (Å²) in [5.74, 6) is 0.569. The summed E-state index contributed by atoms with van der Waals surface area (Å²) < 4.78 is 1.19. The first-order valence-corrected chi connectivity index (χ1v) is 5.33. The van der Waals surface area contributed by atoms with Crippen LogP contribution in [0.3, 0.4) is 0 Å². The second kappa shape index (κ2) is 3.61. The van der Waals surface area contributed by atoms with Crippen LogP contribution in [0.4, 0.5) is 5.82 Å². The normalized spacial score (nSPS) is 10.4. The minimum Gasteiger partial charge on any atom is -0.382 e. The van der Waals surface area contributed by atoms with Gasteiger partial charge in [0.1, 0.15) is 5.82 Å². The highest BCUT2D eigenvalue weighted by atomic mass is 127. The Hall–Kier alpha value is -1.04. The topological polar surface area (TPSA) is 54.7 Å². The van der Waals surface area contributed by atoms with Crippen LogP contribution in [0.1, 0.15) is 5.56 Å². The van der Waals surface area contributed by atoms with Gasteiger partial charge in [-0.15, -0.1) is 0 Å². The van der Waals surface area contributed by atoms with Crippen LogP contribution >= 0.6 is 22.6 Å². The van der Waals surface area contributed by atoms with Crippen molar-refractivity contribution in [1.82, 2.24) is 10.2 Å². The Labute approximate surface area is 95.9 Å². The molecule has 0 aliphatic carbocycles. The number of anilines is 1. The van der Waals surface area contributed by atoms with E-state index in [2.05, 4.69) is 44.9 Å². The average Bonchev–Trinajstić information content (AvgIpc) is 2.49. The fourth-order valence-corrected chi connectivity index (χ4v) is 2.00. The van der Waals surface area contributed by atoms with E-state index in [4.69, 9.17) is 5.73 Å². The van der Waals surface area contributed by atoms with Gasteiger partial charge in [0.2, 0.25) is 0 Å². The summed E-state index contributed by atoms with van der Waals surface area (Å²) in [6.07, 6.45) is 0. The molecule has 0 saturated carbocycles. The van der Waals surface area contributed by atoms with Crippen molar-refractivity contribution in [1.29, 1.82) is 0 Å². The van der Waals surface area contributed by atoms with Gasteiger partial charge in [-0.25, -0.2) is 0 Å². The second-order valence-corrected chi connectivity index (χ2v) is 4.25. The van der Waals surface area contributed by atoms with E-state index >= 15 is 0 Å². The van der Waals surface area contributed by atoms with E-state index < -0.39 is 0 Å². The van der Waals surface area contributed by atoms with Crippen LogP contribution in [0, 0.1) is 10.5 Å². The Morgan fingerprint density at radius 2 is 2.07 bits per heavy atom. The van der Waals surface area contributed by atoms with Crippen molar-refractivity contribution < 1.29 is 0 Å². The molecule has 14 heavy (non-hydrogen) atoms. The number of halogens is 1. The predicted octanol–water partition coefficient (Wildman–Crippen LogP) is 2.57. The lowest BCUT2D eigenvalue weighted by Gasteiger charge is -2.02. The van der Waals surface area contributed by atoms with Crippen molar-refractivity contribution in [3.63, 3.8) is 0 Å². The highest BCUT2D eigenvalue weighted by molar-refractivity contribution is 14.1. The minimum atomic E-state index is 0.569. The molecule has 0 saturated heterocycles. The Morgan fingerprint density at radius 3 is 2.64 bits per heavy atom. The van der Waals surface area contributed by atoms with Gasteiger partial charge in [-0.3, -0.25) is 5.10 Å². The number of aromatic amines is 1. The van der Waals surface area contributed by atoms with Gasteiger partial charge in [-0.1, -0.05) is 18.2 Å². The third-order valence-corrected chi connectivity index (χ3v) is 3.13. The lowest BCUT2D eigenvalue weighted by Crippen LogP contribution is -1.87. The zero-order chi connectivity index (χ0) is 10.1. The van der Waals surface area contributed by atoms with E-state index in [0.717, 1.165) is 16.8 Å². The zero-order valence-electron chi connectivity index (χ0n) is 7.71. The molecule has 1 aromatic heterocycles. The lowest BCUT2D eigenvalue weighted by atomic mass is 10.1. The average molecular weight is 299 g/mol. The maximum absolute atomic E-state index is 5.68. The maximum atomic E-state index is 5.68. The molecule has 1 heterocycles. The number of nitrogen functional groups attached to an aromatic ring is 1. The van der Waals surface area contributed by atoms with Crippen LogP contribution in [-0.2, 0) is 0 Å². The number of hydrogen-bond donors (Lipinski definition) is 2. The number of H-pyrrole nitrogens is 1. The van der Waals surface area contributed by atoms with Crippen molar-refractivity contribution >= 4 is 28.4 Å². The van der Waals surface area contributed by atoms with Crippen molar-refractivity contribution in [3.8, 4) is 11.3 Å². The largest absolute Gasteiger partial charge is 0.382 e. The van der Waals surface area contributed by atoms with Crippen molar-refractivity contribution in [2.75, 3.05) is 5.73 Å². The van der Waals surface area contributed by atoms with Crippen LogP contribution in [0.15, 0.2) is 24.3 Å². The van der Waals surface area contributed by atoms with E-state index in [1.54, 1.807) is 0 Å². The van der Waals surface area contributed by atoms with Crippen LogP contribution in [-0.4, -0.2) is 10.2 Å². The number of hydrogen-bond acceptors (Lipinski definition) is 2. The van der Waals surface area contributed by atoms with Gasteiger partial charge in [-0.2, -0.15) is 5.10 Å². The first kappa shape index (κ1) is 9.51. The number of nitrogens with one attached hydrogen (secondary N) is 1. The van der Waals surface area contributed by atoms with Gasteiger partial charge in [0.15, 0.2) is 0 Å². The Bertz CT molecular complexity index is 462. The number of rotatable bonds is 1. The van der Waals surface area contributed by atoms with Gasteiger partial charge in [0.25, 0.3) is 0 Å². The summed E-state index contributed by atoms with van der Waals surface area (Å²) in [4.78, 5) is 0. The molecule has 72 valence electrons. The highest BCUT2D eigenvalue weighted by Gasteiger charge is 2.09. The second-order valence-electron chi connectivity index (χ2n) is 3.09. The SMILES string of the molecule is Cc1c(N)n[nH]c1-c1ccccc1I. The smallest absolute Gasteiger partial charge is 0.148 e. The van der Waals surface area contributed by atoms with E-state index in [1.807, 2.05) is 19.1 Å². The fourth-order valence-electron chi connectivity index (χ4n) is 1.34. The molecule has 3 N–H and O–H groups in total. The van der Waals surface area contributed by atoms with Gasteiger partial charge < -0.3 is 5.73 Å². The third-order valence-electron chi connectivity index (χ3n) is 2.19. The van der Waals surface area contributed by atoms with E-state index in [-0.39, 0.29) is 0 Å². The number of aromatic nitrogens is 2. The summed E-state index contributed by atoms with van der Waals surface area (Å²) in [5.41, 5.74) is 8.85. The highest BCUT2D eigenvalue weighted by Crippen LogP contribution is 2.27. The summed E-state index contributed by atoms with van der Waals surface area (Å²) in [6.45, 7) is 1.97. The van der Waals surface area contributed by atoms with Gasteiger partial charge in [-0.05, 0) is 35.6 Å². The molecular weight excluding hydrogens is 289 g/mol. The first-order chi connectivity index (χ1) is 6.70. The summed E-state index contributed by atoms with van der Waals surface area (Å²) >= 11 is 2.30. The number of nitrogens with two attached hydrogens (primary N) is 1. The van der Waals surface area contributed by atoms with Crippen molar-refractivity contribution in [3.05, 3.63) is 33.4 Å². The van der Waals surface area contributed by atoms with Crippen molar-refractivity contribution in [2.24, 2.45) is 0 Å². The molecule has 0 fully saturated rings. The van der Waals surface area contributed by atoms with Crippen LogP contribution in [0.25, 0.3) is 11.3 Å². The minimum absolute atomic E-state index is 0.569. The Kier molecular flexibility index (Phi) is 2.45. The fraction of sp³-hybridized carbons (Fsp3) is 0.100. The van der Waals surface area contributed by atoms with Crippen LogP contribution in [0.2, 0.25) is 0 Å². The lowest BCUT2D eigenvalue weighted by molar-refractivity contribution is 1.10. The molecule has 0 aliphatic rings. The van der Waals surface area contributed by atoms with E-state index in [1.165, 1.54) is 3.57 Å². The molecule has 0 aliphatic heterocycles. The van der Waals surface area contributed by atoms with E-state index in [0.29, 0.717) is 5.82 Å². The molecule has 1 aromatic carbocycles. The van der Waals surface area contributed by atoms with Crippen molar-refractivity contribution in [2.45, 2.75) is 6.92 Å². The molecule has 0 amide bonds. The quantitative estimate of drug-likeness (QED) is 0.795. The van der Waals surface area contributed by atoms with Gasteiger partial charge >= 0.3 is 0 Å². The summed E-state index contributed by atoms with van der Waals surface area (Å²) in [5, 5.41) is 6.93. The molecule has 0 atom stereocenters. The molecule has 2 aromatic rings. The maximum Gasteiger partial charge on any atom is 0.148 e. The molecular formula is C10H10IN3. The summed E-state index contributed by atoms with van der Waals surface area (Å²) in [7, 11) is 0. The van der Waals surface area contributed by atoms with Gasteiger partial charge in [0.05, 0.1) is 5.69 Å². The molecule has 0 bridgehead atoms. The molecule has 0 spiro atoms. The van der Waals surface area contributed by atoms with Crippen LogP contribution < -0.4 is 5.73 Å². The molecule has 0 unspecified atom stereocenters. The third kappa shape index (κ3) is 1.50. The molecule has 3 nitrogen and oxygen atoms in total. The Morgan fingerprint density at radius 1 is 1.36 bits per heavy atom.